The van der Waals surface area contributed by atoms with Gasteiger partial charge in [-0.25, -0.2) is 8.78 Å². The average Bonchev–Trinajstić information content (AvgIpc) is 1.51. The highest BCUT2D eigenvalue weighted by atomic mass is 19.3. The second-order valence-corrected chi connectivity index (χ2v) is 4.34. The highest BCUT2D eigenvalue weighted by Crippen LogP contribution is 2.76. The Balaban J connectivity index is 1.99. The molecule has 3 aliphatic rings. The normalized spacial score (nSPS) is 49.9. The number of alkyl halides is 2. The van der Waals surface area contributed by atoms with E-state index in [4.69, 9.17) is 5.73 Å². The monoisotopic (exact) mass is 161 g/mol. The lowest BCUT2D eigenvalue weighted by atomic mass is 9.33. The first kappa shape index (κ1) is 7.47. The van der Waals surface area contributed by atoms with Crippen LogP contribution in [-0.4, -0.2) is 12.5 Å². The van der Waals surface area contributed by atoms with Crippen LogP contribution in [0, 0.1) is 10.8 Å². The summed E-state index contributed by atoms with van der Waals surface area (Å²) < 4.78 is 24.6. The Morgan fingerprint density at radius 2 is 1.64 bits per heavy atom. The molecule has 1 atom stereocenters. The maximum Gasteiger partial charge on any atom is 0.244 e. The zero-order valence-corrected chi connectivity index (χ0v) is 6.61. The zero-order valence-electron chi connectivity index (χ0n) is 6.61. The van der Waals surface area contributed by atoms with E-state index in [-0.39, 0.29) is 11.5 Å². The molecule has 2 bridgehead atoms. The molecular formula is C8H13F2N. The Labute approximate surface area is 65.0 Å². The van der Waals surface area contributed by atoms with Crippen molar-refractivity contribution < 1.29 is 8.78 Å². The Kier molecular flexibility index (Phi) is 1.20. The Morgan fingerprint density at radius 1 is 1.18 bits per heavy atom. The maximum absolute atomic E-state index is 12.3. The van der Waals surface area contributed by atoms with E-state index in [1.165, 1.54) is 0 Å². The number of nitrogens with two attached hydrogens (primary N) is 1. The van der Waals surface area contributed by atoms with Crippen LogP contribution in [-0.2, 0) is 0 Å². The van der Waals surface area contributed by atoms with Crippen LogP contribution in [0.5, 0.6) is 0 Å². The molecule has 11 heavy (non-hydrogen) atoms. The molecule has 0 aromatic rings. The van der Waals surface area contributed by atoms with Crippen LogP contribution >= 0.6 is 0 Å². The van der Waals surface area contributed by atoms with Gasteiger partial charge in [0.15, 0.2) is 0 Å². The molecule has 0 aromatic carbocycles. The van der Waals surface area contributed by atoms with Crippen molar-refractivity contribution in [3.63, 3.8) is 0 Å². The van der Waals surface area contributed by atoms with Gasteiger partial charge in [-0.2, -0.15) is 0 Å². The molecule has 0 unspecified atom stereocenters. The van der Waals surface area contributed by atoms with Crippen LogP contribution in [0.1, 0.15) is 26.2 Å². The van der Waals surface area contributed by atoms with E-state index < -0.39 is 11.8 Å². The summed E-state index contributed by atoms with van der Waals surface area (Å²) in [6.07, 6.45) is -0.136. The third-order valence-corrected chi connectivity index (χ3v) is 3.54. The first-order valence-electron chi connectivity index (χ1n) is 4.05. The molecule has 3 fully saturated rings. The van der Waals surface area contributed by atoms with Crippen molar-refractivity contribution in [3.05, 3.63) is 0 Å². The van der Waals surface area contributed by atoms with Crippen LogP contribution in [0.3, 0.4) is 0 Å². The van der Waals surface area contributed by atoms with Crippen LogP contribution in [0.2, 0.25) is 0 Å². The molecule has 64 valence electrons. The van der Waals surface area contributed by atoms with Gasteiger partial charge in [-0.1, -0.05) is 0 Å². The number of hydrogen-bond donors (Lipinski definition) is 1. The van der Waals surface area contributed by atoms with E-state index in [2.05, 4.69) is 0 Å². The Morgan fingerprint density at radius 3 is 1.91 bits per heavy atom. The molecule has 0 saturated heterocycles. The maximum atomic E-state index is 12.3. The van der Waals surface area contributed by atoms with Gasteiger partial charge in [0.05, 0.1) is 0 Å². The fourth-order valence-electron chi connectivity index (χ4n) is 2.66. The summed E-state index contributed by atoms with van der Waals surface area (Å²) in [7, 11) is 0. The smallest absolute Gasteiger partial charge is 0.244 e. The van der Waals surface area contributed by atoms with E-state index in [0.29, 0.717) is 19.3 Å². The first-order valence-corrected chi connectivity index (χ1v) is 4.05. The van der Waals surface area contributed by atoms with Gasteiger partial charge in [-0.3, -0.25) is 0 Å². The number of hydrogen-bond acceptors (Lipinski definition) is 1. The predicted molar refractivity (Wildman–Crippen MR) is 38.4 cm³/mol. The summed E-state index contributed by atoms with van der Waals surface area (Å²) in [4.78, 5) is 0. The lowest BCUT2D eigenvalue weighted by Crippen LogP contribution is -2.70. The molecule has 0 heterocycles. The summed E-state index contributed by atoms with van der Waals surface area (Å²) >= 11 is 0. The molecule has 3 heteroatoms. The lowest BCUT2D eigenvalue weighted by Gasteiger charge is -2.72. The summed E-state index contributed by atoms with van der Waals surface area (Å²) in [6.45, 7) is 1.93. The molecule has 0 amide bonds. The van der Waals surface area contributed by atoms with Gasteiger partial charge in [0.1, 0.15) is 0 Å². The highest BCUT2D eigenvalue weighted by molar-refractivity contribution is 5.20. The van der Waals surface area contributed by atoms with Crippen molar-refractivity contribution >= 4 is 0 Å². The van der Waals surface area contributed by atoms with Crippen LogP contribution in [0.15, 0.2) is 0 Å². The van der Waals surface area contributed by atoms with E-state index >= 15 is 0 Å². The topological polar surface area (TPSA) is 26.0 Å². The van der Waals surface area contributed by atoms with E-state index in [1.54, 1.807) is 0 Å². The van der Waals surface area contributed by atoms with Gasteiger partial charge in [-0.15, -0.1) is 0 Å². The summed E-state index contributed by atoms with van der Waals surface area (Å²) in [5.41, 5.74) is 5.19. The minimum atomic E-state index is -2.12. The minimum Gasteiger partial charge on any atom is -0.327 e. The second kappa shape index (κ2) is 1.76. The molecule has 3 aliphatic carbocycles. The molecule has 0 spiro atoms. The molecule has 3 rings (SSSR count). The molecule has 3 saturated carbocycles. The summed E-state index contributed by atoms with van der Waals surface area (Å²) in [5, 5.41) is 0. The highest BCUT2D eigenvalue weighted by Gasteiger charge is 2.72. The van der Waals surface area contributed by atoms with Crippen LogP contribution in [0.4, 0.5) is 8.78 Å². The van der Waals surface area contributed by atoms with E-state index in [0.717, 1.165) is 0 Å². The quantitative estimate of drug-likeness (QED) is 0.656. The fourth-order valence-corrected chi connectivity index (χ4v) is 2.66. The van der Waals surface area contributed by atoms with Crippen LogP contribution < -0.4 is 5.73 Å². The van der Waals surface area contributed by atoms with Crippen molar-refractivity contribution in [1.82, 2.24) is 0 Å². The number of rotatable bonds is 2. The van der Waals surface area contributed by atoms with Crippen molar-refractivity contribution in [2.24, 2.45) is 16.6 Å². The van der Waals surface area contributed by atoms with Crippen LogP contribution in [0.25, 0.3) is 0 Å². The Hall–Kier alpha value is -0.180. The molecule has 0 aromatic heterocycles. The molecule has 1 nitrogen and oxygen atoms in total. The van der Waals surface area contributed by atoms with Gasteiger partial charge >= 0.3 is 0 Å². The van der Waals surface area contributed by atoms with Gasteiger partial charge in [0, 0.05) is 11.5 Å². The van der Waals surface area contributed by atoms with Crippen molar-refractivity contribution in [2.75, 3.05) is 0 Å². The lowest BCUT2D eigenvalue weighted by molar-refractivity contribution is -0.273. The first-order chi connectivity index (χ1) is 5.01. The fraction of sp³-hybridized carbons (Fsp3) is 1.00. The minimum absolute atomic E-state index is 0.100. The predicted octanol–water partition coefficient (Wildman–Crippen LogP) is 1.77. The molecule has 0 aliphatic heterocycles. The Bertz CT molecular complexity index is 151. The molecule has 0 radical (unpaired) electrons. The van der Waals surface area contributed by atoms with Gasteiger partial charge in [0.2, 0.25) is 6.43 Å². The number of halogens is 2. The molecule has 2 N–H and O–H groups in total. The summed E-state index contributed by atoms with van der Waals surface area (Å²) in [5.74, 6) is 0. The van der Waals surface area contributed by atoms with Crippen molar-refractivity contribution in [3.8, 4) is 0 Å². The standard InChI is InChI=1S/C8H13F2N/c1-5(11)7-2-8(3-7,4-7)6(9)10/h5-6H,2-4,11H2,1H3/t5-,7?,8?/m0/s1. The van der Waals surface area contributed by atoms with Gasteiger partial charge < -0.3 is 5.73 Å². The molecular weight excluding hydrogens is 148 g/mol. The average molecular weight is 161 g/mol. The SMILES string of the molecule is C[C@H](N)C12CC(C(F)F)(C1)C2. The van der Waals surface area contributed by atoms with Crippen molar-refractivity contribution in [2.45, 2.75) is 38.7 Å². The van der Waals surface area contributed by atoms with Crippen molar-refractivity contribution in [1.29, 1.82) is 0 Å². The summed E-state index contributed by atoms with van der Waals surface area (Å²) in [6, 6.07) is 0.100. The third-order valence-electron chi connectivity index (χ3n) is 3.54. The van der Waals surface area contributed by atoms with Gasteiger partial charge in [-0.05, 0) is 31.6 Å². The largest absolute Gasteiger partial charge is 0.327 e. The van der Waals surface area contributed by atoms with E-state index in [1.807, 2.05) is 6.92 Å². The second-order valence-electron chi connectivity index (χ2n) is 4.34. The van der Waals surface area contributed by atoms with Gasteiger partial charge in [0.25, 0.3) is 0 Å². The third kappa shape index (κ3) is 0.675. The van der Waals surface area contributed by atoms with E-state index in [9.17, 15) is 8.78 Å². The zero-order chi connectivity index (χ0) is 8.28.